The number of hydrogen-bond acceptors (Lipinski definition) is 5. The maximum absolute atomic E-state index is 11.9. The van der Waals surface area contributed by atoms with E-state index in [0.717, 1.165) is 0 Å². The normalized spacial score (nSPS) is 9.67. The molecule has 1 amide bonds. The summed E-state index contributed by atoms with van der Waals surface area (Å²) in [5.74, 6) is 0.442. The summed E-state index contributed by atoms with van der Waals surface area (Å²) in [6.07, 6.45) is 1.46. The summed E-state index contributed by atoms with van der Waals surface area (Å²) < 4.78 is 0. The Morgan fingerprint density at radius 2 is 2.11 bits per heavy atom. The summed E-state index contributed by atoms with van der Waals surface area (Å²) >= 11 is 0. The van der Waals surface area contributed by atoms with Gasteiger partial charge in [-0.05, 0) is 19.9 Å². The molecule has 0 saturated heterocycles. The van der Waals surface area contributed by atoms with Gasteiger partial charge in [0.25, 0.3) is 0 Å². The predicted octanol–water partition coefficient (Wildman–Crippen LogP) is 0.653. The minimum absolute atomic E-state index is 0.0112. The zero-order valence-electron chi connectivity index (χ0n) is 10.9. The molecule has 1 aromatic heterocycles. The predicted molar refractivity (Wildman–Crippen MR) is 67.9 cm³/mol. The number of nitrogens with zero attached hydrogens (tertiary/aromatic N) is 5. The van der Waals surface area contributed by atoms with Crippen LogP contribution in [0.4, 0.5) is 5.82 Å². The Hall–Kier alpha value is -2.16. The van der Waals surface area contributed by atoms with Gasteiger partial charge >= 0.3 is 0 Å². The van der Waals surface area contributed by atoms with E-state index in [2.05, 4.69) is 10.2 Å². The van der Waals surface area contributed by atoms with Crippen LogP contribution < -0.4 is 4.90 Å². The molecule has 0 aliphatic carbocycles. The Morgan fingerprint density at radius 1 is 1.44 bits per heavy atom. The summed E-state index contributed by atoms with van der Waals surface area (Å²) in [4.78, 5) is 15.3. The number of rotatable bonds is 5. The van der Waals surface area contributed by atoms with E-state index in [1.165, 1.54) is 6.20 Å². The Labute approximate surface area is 107 Å². The highest BCUT2D eigenvalue weighted by Gasteiger charge is 2.16. The monoisotopic (exact) mass is 247 g/mol. The van der Waals surface area contributed by atoms with Crippen molar-refractivity contribution in [3.05, 3.63) is 17.8 Å². The first kappa shape index (κ1) is 13.9. The number of hydrogen-bond donors (Lipinski definition) is 0. The third-order valence-corrected chi connectivity index (χ3v) is 2.67. The van der Waals surface area contributed by atoms with Gasteiger partial charge in [0.15, 0.2) is 5.82 Å². The van der Waals surface area contributed by atoms with E-state index in [9.17, 15) is 4.79 Å². The minimum Gasteiger partial charge on any atom is -0.348 e. The highest BCUT2D eigenvalue weighted by molar-refractivity contribution is 5.81. The van der Waals surface area contributed by atoms with Gasteiger partial charge in [0.2, 0.25) is 5.91 Å². The van der Waals surface area contributed by atoms with Crippen LogP contribution >= 0.6 is 0 Å². The molecule has 0 N–H and O–H groups in total. The zero-order valence-corrected chi connectivity index (χ0v) is 10.9. The maximum Gasteiger partial charge on any atom is 0.242 e. The van der Waals surface area contributed by atoms with E-state index in [4.69, 9.17) is 5.26 Å². The molecule has 6 heteroatoms. The van der Waals surface area contributed by atoms with Gasteiger partial charge in [-0.3, -0.25) is 4.79 Å². The summed E-state index contributed by atoms with van der Waals surface area (Å²) in [6, 6.07) is 3.62. The quantitative estimate of drug-likeness (QED) is 0.764. The van der Waals surface area contributed by atoms with Crippen LogP contribution in [-0.2, 0) is 4.79 Å². The van der Waals surface area contributed by atoms with Crippen molar-refractivity contribution in [1.29, 1.82) is 5.26 Å². The summed E-state index contributed by atoms with van der Waals surface area (Å²) in [6.45, 7) is 5.41. The molecule has 0 fully saturated rings. The summed E-state index contributed by atoms with van der Waals surface area (Å²) in [7, 11) is 1.73. The highest BCUT2D eigenvalue weighted by Crippen LogP contribution is 2.13. The van der Waals surface area contributed by atoms with Gasteiger partial charge in [0.05, 0.1) is 18.3 Å². The topological polar surface area (TPSA) is 73.1 Å². The van der Waals surface area contributed by atoms with Crippen molar-refractivity contribution in [2.24, 2.45) is 0 Å². The van der Waals surface area contributed by atoms with Crippen LogP contribution in [0.1, 0.15) is 19.4 Å². The second-order valence-electron chi connectivity index (χ2n) is 3.80. The van der Waals surface area contributed by atoms with E-state index in [0.29, 0.717) is 24.5 Å². The number of aromatic nitrogens is 2. The van der Waals surface area contributed by atoms with E-state index >= 15 is 0 Å². The third kappa shape index (κ3) is 3.17. The standard InChI is InChI=1S/C12H17N5O/c1-4-17(5-2)11(18)9-16(3)12-10(8-13)6-7-14-15-12/h6-7H,4-5,9H2,1-3H3. The molecule has 1 heterocycles. The van der Waals surface area contributed by atoms with E-state index in [1.807, 2.05) is 19.9 Å². The van der Waals surface area contributed by atoms with Crippen LogP contribution in [0.15, 0.2) is 12.3 Å². The average Bonchev–Trinajstić information content (AvgIpc) is 2.40. The van der Waals surface area contributed by atoms with Gasteiger partial charge in [0.1, 0.15) is 6.07 Å². The lowest BCUT2D eigenvalue weighted by Crippen LogP contribution is -2.39. The van der Waals surface area contributed by atoms with E-state index in [1.54, 1.807) is 22.9 Å². The summed E-state index contributed by atoms with van der Waals surface area (Å²) in [5.41, 5.74) is 0.417. The van der Waals surface area contributed by atoms with Crippen LogP contribution in [0.25, 0.3) is 0 Å². The maximum atomic E-state index is 11.9. The molecular weight excluding hydrogens is 230 g/mol. The Kier molecular flexibility index (Phi) is 5.06. The largest absolute Gasteiger partial charge is 0.348 e. The molecule has 96 valence electrons. The van der Waals surface area contributed by atoms with Crippen molar-refractivity contribution in [1.82, 2.24) is 15.1 Å². The third-order valence-electron chi connectivity index (χ3n) is 2.67. The lowest BCUT2D eigenvalue weighted by molar-refractivity contribution is -0.129. The molecule has 1 rings (SSSR count). The Morgan fingerprint density at radius 3 is 2.67 bits per heavy atom. The molecule has 0 aliphatic rings. The van der Waals surface area contributed by atoms with Gasteiger partial charge in [-0.1, -0.05) is 0 Å². The highest BCUT2D eigenvalue weighted by atomic mass is 16.2. The van der Waals surface area contributed by atoms with Crippen molar-refractivity contribution >= 4 is 11.7 Å². The molecule has 1 aromatic rings. The Balaban J connectivity index is 2.80. The first-order valence-corrected chi connectivity index (χ1v) is 5.84. The van der Waals surface area contributed by atoms with Gasteiger partial charge in [0, 0.05) is 20.1 Å². The van der Waals surface area contributed by atoms with Crippen molar-refractivity contribution in [2.45, 2.75) is 13.8 Å². The lowest BCUT2D eigenvalue weighted by atomic mass is 10.3. The van der Waals surface area contributed by atoms with Gasteiger partial charge in [-0.15, -0.1) is 5.10 Å². The zero-order chi connectivity index (χ0) is 13.5. The fraction of sp³-hybridized carbons (Fsp3) is 0.500. The molecule has 0 spiro atoms. The fourth-order valence-electron chi connectivity index (χ4n) is 1.65. The molecule has 18 heavy (non-hydrogen) atoms. The van der Waals surface area contributed by atoms with Gasteiger partial charge < -0.3 is 9.80 Å². The first-order valence-electron chi connectivity index (χ1n) is 5.84. The minimum atomic E-state index is 0.0112. The first-order chi connectivity index (χ1) is 8.63. The van der Waals surface area contributed by atoms with Crippen molar-refractivity contribution in [3.63, 3.8) is 0 Å². The fourth-order valence-corrected chi connectivity index (χ4v) is 1.65. The van der Waals surface area contributed by atoms with Crippen molar-refractivity contribution < 1.29 is 4.79 Å². The van der Waals surface area contributed by atoms with Crippen molar-refractivity contribution in [3.8, 4) is 6.07 Å². The van der Waals surface area contributed by atoms with Crippen LogP contribution in [0, 0.1) is 11.3 Å². The smallest absolute Gasteiger partial charge is 0.242 e. The molecule has 0 aromatic carbocycles. The second kappa shape index (κ2) is 6.55. The van der Waals surface area contributed by atoms with Crippen LogP contribution in [0.2, 0.25) is 0 Å². The van der Waals surface area contributed by atoms with E-state index < -0.39 is 0 Å². The van der Waals surface area contributed by atoms with Gasteiger partial charge in [-0.2, -0.15) is 10.4 Å². The number of nitriles is 1. The second-order valence-corrected chi connectivity index (χ2v) is 3.80. The molecule has 0 radical (unpaired) electrons. The molecule has 0 bridgehead atoms. The lowest BCUT2D eigenvalue weighted by Gasteiger charge is -2.23. The van der Waals surface area contributed by atoms with Crippen LogP contribution in [0.5, 0.6) is 0 Å². The van der Waals surface area contributed by atoms with Crippen molar-refractivity contribution in [2.75, 3.05) is 31.6 Å². The van der Waals surface area contributed by atoms with Crippen LogP contribution in [-0.4, -0.2) is 47.7 Å². The average molecular weight is 247 g/mol. The molecule has 0 atom stereocenters. The molecule has 0 saturated carbocycles. The van der Waals surface area contributed by atoms with Gasteiger partial charge in [-0.25, -0.2) is 0 Å². The molecule has 6 nitrogen and oxygen atoms in total. The summed E-state index contributed by atoms with van der Waals surface area (Å²) in [5, 5.41) is 16.6. The van der Waals surface area contributed by atoms with E-state index in [-0.39, 0.29) is 12.5 Å². The number of carbonyl (C=O) groups excluding carboxylic acids is 1. The molecular formula is C12H17N5O. The number of amides is 1. The number of likely N-dealkylation sites (N-methyl/N-ethyl adjacent to an activating group) is 2. The Bertz CT molecular complexity index is 450. The van der Waals surface area contributed by atoms with Crippen LogP contribution in [0.3, 0.4) is 0 Å². The SMILES string of the molecule is CCN(CC)C(=O)CN(C)c1nnccc1C#N. The number of carbonyl (C=O) groups is 1. The molecule has 0 aliphatic heterocycles. The molecule has 0 unspecified atom stereocenters. The number of anilines is 1.